The second-order valence-electron chi connectivity index (χ2n) is 5.62. The second kappa shape index (κ2) is 7.70. The lowest BCUT2D eigenvalue weighted by atomic mass is 10.1. The lowest BCUT2D eigenvalue weighted by molar-refractivity contribution is -0.121. The van der Waals surface area contributed by atoms with Gasteiger partial charge >= 0.3 is 0 Å². The first-order valence-electron chi connectivity index (χ1n) is 7.55. The molecule has 0 fully saturated rings. The van der Waals surface area contributed by atoms with Crippen molar-refractivity contribution < 1.29 is 9.90 Å². The zero-order valence-corrected chi connectivity index (χ0v) is 14.2. The van der Waals surface area contributed by atoms with Crippen molar-refractivity contribution in [3.05, 3.63) is 35.5 Å². The van der Waals surface area contributed by atoms with Gasteiger partial charge in [-0.15, -0.1) is 0 Å². The van der Waals surface area contributed by atoms with Gasteiger partial charge in [0.05, 0.1) is 6.61 Å². The third-order valence-corrected chi connectivity index (χ3v) is 5.22. The van der Waals surface area contributed by atoms with Crippen LogP contribution in [0.3, 0.4) is 0 Å². The number of benzene rings is 1. The SMILES string of the molecule is CS[C@H](CO)[C@H](C)NC(=O)CCc1c[nH]c2c(C)cccc12. The highest BCUT2D eigenvalue weighted by Crippen LogP contribution is 2.22. The van der Waals surface area contributed by atoms with Gasteiger partial charge in [0, 0.05) is 34.8 Å². The van der Waals surface area contributed by atoms with Crippen molar-refractivity contribution in [1.82, 2.24) is 10.3 Å². The number of thioether (sulfide) groups is 1. The summed E-state index contributed by atoms with van der Waals surface area (Å²) in [4.78, 5) is 15.4. The molecule has 0 unspecified atom stereocenters. The largest absolute Gasteiger partial charge is 0.395 e. The molecule has 0 spiro atoms. The number of carbonyl (C=O) groups excluding carboxylic acids is 1. The Morgan fingerprint density at radius 3 is 2.91 bits per heavy atom. The molecule has 0 bridgehead atoms. The summed E-state index contributed by atoms with van der Waals surface area (Å²) in [6.45, 7) is 4.09. The van der Waals surface area contributed by atoms with Crippen molar-refractivity contribution in [2.45, 2.75) is 38.0 Å². The minimum atomic E-state index is -0.0299. The number of amides is 1. The number of aromatic nitrogens is 1. The van der Waals surface area contributed by atoms with E-state index < -0.39 is 0 Å². The van der Waals surface area contributed by atoms with Crippen LogP contribution in [0.4, 0.5) is 0 Å². The first-order valence-corrected chi connectivity index (χ1v) is 8.84. The minimum Gasteiger partial charge on any atom is -0.395 e. The summed E-state index contributed by atoms with van der Waals surface area (Å²) in [5, 5.41) is 13.5. The lowest BCUT2D eigenvalue weighted by Gasteiger charge is -2.21. The summed E-state index contributed by atoms with van der Waals surface area (Å²) >= 11 is 1.57. The fourth-order valence-electron chi connectivity index (χ4n) is 2.67. The molecule has 0 aliphatic rings. The first kappa shape index (κ1) is 16.9. The number of rotatable bonds is 7. The van der Waals surface area contributed by atoms with Gasteiger partial charge in [-0.2, -0.15) is 11.8 Å². The van der Waals surface area contributed by atoms with E-state index in [0.29, 0.717) is 12.8 Å². The number of H-pyrrole nitrogens is 1. The van der Waals surface area contributed by atoms with Crippen LogP contribution >= 0.6 is 11.8 Å². The highest BCUT2D eigenvalue weighted by atomic mass is 32.2. The molecule has 4 nitrogen and oxygen atoms in total. The molecular weight excluding hydrogens is 296 g/mol. The lowest BCUT2D eigenvalue weighted by Crippen LogP contribution is -2.41. The topological polar surface area (TPSA) is 65.1 Å². The Labute approximate surface area is 135 Å². The van der Waals surface area contributed by atoms with Gasteiger partial charge in [0.1, 0.15) is 0 Å². The Balaban J connectivity index is 1.94. The normalized spacial score (nSPS) is 14.0. The molecule has 2 atom stereocenters. The van der Waals surface area contributed by atoms with E-state index in [1.165, 1.54) is 16.5 Å². The number of carbonyl (C=O) groups is 1. The van der Waals surface area contributed by atoms with Crippen LogP contribution in [0.5, 0.6) is 0 Å². The number of hydrogen-bond donors (Lipinski definition) is 3. The van der Waals surface area contributed by atoms with Gasteiger partial charge in [0.25, 0.3) is 0 Å². The average molecular weight is 320 g/mol. The summed E-state index contributed by atoms with van der Waals surface area (Å²) in [7, 11) is 0. The minimum absolute atomic E-state index is 0.0296. The Morgan fingerprint density at radius 1 is 1.45 bits per heavy atom. The Hall–Kier alpha value is -1.46. The van der Waals surface area contributed by atoms with Gasteiger partial charge in [-0.25, -0.2) is 0 Å². The highest BCUT2D eigenvalue weighted by Gasteiger charge is 2.17. The average Bonchev–Trinajstić information content (AvgIpc) is 2.91. The monoisotopic (exact) mass is 320 g/mol. The zero-order valence-electron chi connectivity index (χ0n) is 13.3. The number of aryl methyl sites for hydroxylation is 2. The number of para-hydroxylation sites is 1. The van der Waals surface area contributed by atoms with E-state index in [0.717, 1.165) is 5.52 Å². The van der Waals surface area contributed by atoms with E-state index in [2.05, 4.69) is 29.4 Å². The number of hydrogen-bond acceptors (Lipinski definition) is 3. The molecule has 1 aromatic heterocycles. The Bertz CT molecular complexity index is 635. The third kappa shape index (κ3) is 3.84. The molecule has 0 aliphatic heterocycles. The van der Waals surface area contributed by atoms with E-state index in [4.69, 9.17) is 0 Å². The fourth-order valence-corrected chi connectivity index (χ4v) is 3.30. The number of aromatic amines is 1. The standard InChI is InChI=1S/C17H24N2O2S/c1-11-5-4-6-14-13(9-18-17(11)14)7-8-16(21)19-12(2)15(10-20)22-3/h4-6,9,12,15,18,20H,7-8,10H2,1-3H3,(H,19,21)/t12-,15+/m0/s1. The van der Waals surface area contributed by atoms with E-state index in [1.54, 1.807) is 11.8 Å². The van der Waals surface area contributed by atoms with E-state index in [9.17, 15) is 9.90 Å². The van der Waals surface area contributed by atoms with Crippen molar-refractivity contribution >= 4 is 28.6 Å². The predicted octanol–water partition coefficient (Wildman–Crippen LogP) is 2.64. The van der Waals surface area contributed by atoms with E-state index in [1.807, 2.05) is 25.4 Å². The molecule has 120 valence electrons. The number of fused-ring (bicyclic) bond motifs is 1. The van der Waals surface area contributed by atoms with Crippen molar-refractivity contribution in [3.8, 4) is 0 Å². The quantitative estimate of drug-likeness (QED) is 0.735. The predicted molar refractivity (Wildman–Crippen MR) is 93.4 cm³/mol. The maximum atomic E-state index is 12.1. The summed E-state index contributed by atoms with van der Waals surface area (Å²) in [5.74, 6) is 0.0296. The molecule has 5 heteroatoms. The van der Waals surface area contributed by atoms with Crippen LogP contribution in [0.1, 0.15) is 24.5 Å². The van der Waals surface area contributed by atoms with Crippen molar-refractivity contribution in [1.29, 1.82) is 0 Å². The molecular formula is C17H24N2O2S. The molecule has 3 N–H and O–H groups in total. The van der Waals surface area contributed by atoms with Gasteiger partial charge in [-0.05, 0) is 37.7 Å². The van der Waals surface area contributed by atoms with Gasteiger partial charge in [0.15, 0.2) is 0 Å². The van der Waals surface area contributed by atoms with Gasteiger partial charge in [-0.3, -0.25) is 4.79 Å². The Kier molecular flexibility index (Phi) is 5.91. The molecule has 1 aromatic carbocycles. The summed E-state index contributed by atoms with van der Waals surface area (Å²) in [6.07, 6.45) is 5.10. The molecule has 1 amide bonds. The molecule has 0 aliphatic carbocycles. The maximum absolute atomic E-state index is 12.1. The van der Waals surface area contributed by atoms with Gasteiger partial charge < -0.3 is 15.4 Å². The smallest absolute Gasteiger partial charge is 0.220 e. The number of aliphatic hydroxyl groups is 1. The molecule has 1 heterocycles. The van der Waals surface area contributed by atoms with E-state index in [-0.39, 0.29) is 23.8 Å². The summed E-state index contributed by atoms with van der Waals surface area (Å²) < 4.78 is 0. The molecule has 2 aromatic rings. The second-order valence-corrected chi connectivity index (χ2v) is 6.70. The first-order chi connectivity index (χ1) is 10.6. The maximum Gasteiger partial charge on any atom is 0.220 e. The molecule has 0 saturated heterocycles. The van der Waals surface area contributed by atoms with Crippen molar-refractivity contribution in [2.24, 2.45) is 0 Å². The number of nitrogens with one attached hydrogen (secondary N) is 2. The fraction of sp³-hybridized carbons (Fsp3) is 0.471. The Morgan fingerprint density at radius 2 is 2.23 bits per heavy atom. The summed E-state index contributed by atoms with van der Waals surface area (Å²) in [5.41, 5.74) is 3.53. The van der Waals surface area contributed by atoms with Crippen LogP contribution in [0, 0.1) is 6.92 Å². The molecule has 22 heavy (non-hydrogen) atoms. The third-order valence-electron chi connectivity index (χ3n) is 4.06. The van der Waals surface area contributed by atoms with Crippen LogP contribution in [0.2, 0.25) is 0 Å². The molecule has 0 saturated carbocycles. The zero-order chi connectivity index (χ0) is 16.1. The van der Waals surface area contributed by atoms with Crippen LogP contribution in [-0.2, 0) is 11.2 Å². The van der Waals surface area contributed by atoms with Crippen molar-refractivity contribution in [2.75, 3.05) is 12.9 Å². The van der Waals surface area contributed by atoms with Crippen LogP contribution in [-0.4, -0.2) is 40.2 Å². The molecule has 2 rings (SSSR count). The number of aliphatic hydroxyl groups excluding tert-OH is 1. The highest BCUT2D eigenvalue weighted by molar-refractivity contribution is 7.99. The van der Waals surface area contributed by atoms with Gasteiger partial charge in [0.2, 0.25) is 5.91 Å². The molecule has 0 radical (unpaired) electrons. The van der Waals surface area contributed by atoms with Crippen LogP contribution < -0.4 is 5.32 Å². The van der Waals surface area contributed by atoms with Crippen molar-refractivity contribution in [3.63, 3.8) is 0 Å². The van der Waals surface area contributed by atoms with Crippen LogP contribution in [0.15, 0.2) is 24.4 Å². The van der Waals surface area contributed by atoms with Crippen LogP contribution in [0.25, 0.3) is 10.9 Å². The van der Waals surface area contributed by atoms with Gasteiger partial charge in [-0.1, -0.05) is 18.2 Å². The van der Waals surface area contributed by atoms with E-state index >= 15 is 0 Å². The summed E-state index contributed by atoms with van der Waals surface area (Å²) in [6, 6.07) is 6.18.